The van der Waals surface area contributed by atoms with Gasteiger partial charge in [0, 0.05) is 18.2 Å². The van der Waals surface area contributed by atoms with E-state index in [1.54, 1.807) is 0 Å². The molecule has 1 unspecified atom stereocenters. The lowest BCUT2D eigenvalue weighted by Gasteiger charge is -2.20. The van der Waals surface area contributed by atoms with E-state index in [1.807, 2.05) is 6.26 Å². The number of likely N-dealkylation sites (tertiary alicyclic amines) is 1. The van der Waals surface area contributed by atoms with E-state index in [0.29, 0.717) is 0 Å². The number of nitrogens with zero attached hydrogens (tertiary/aromatic N) is 1. The van der Waals surface area contributed by atoms with Crippen molar-refractivity contribution >= 4 is 0 Å². The molecule has 2 fully saturated rings. The fourth-order valence-electron chi connectivity index (χ4n) is 3.22. The summed E-state index contributed by atoms with van der Waals surface area (Å²) >= 11 is 0. The van der Waals surface area contributed by atoms with Gasteiger partial charge < -0.3 is 9.73 Å². The molecule has 3 heteroatoms. The Labute approximate surface area is 122 Å². The number of furan rings is 1. The molecule has 112 valence electrons. The van der Waals surface area contributed by atoms with Crippen LogP contribution in [0.3, 0.4) is 0 Å². The van der Waals surface area contributed by atoms with Crippen LogP contribution in [-0.2, 0) is 13.1 Å². The first-order valence-corrected chi connectivity index (χ1v) is 8.36. The van der Waals surface area contributed by atoms with Crippen LogP contribution in [0.25, 0.3) is 0 Å². The number of nitrogens with one attached hydrogen (secondary N) is 1. The molecule has 1 aromatic rings. The zero-order chi connectivity index (χ0) is 13.8. The Morgan fingerprint density at radius 1 is 1.25 bits per heavy atom. The SMILES string of the molecule is CCC1CCCN(Cc2ccoc2CNC2CC2)CC1. The van der Waals surface area contributed by atoms with Gasteiger partial charge in [0.05, 0.1) is 12.8 Å². The quantitative estimate of drug-likeness (QED) is 0.861. The highest BCUT2D eigenvalue weighted by Crippen LogP contribution is 2.23. The zero-order valence-corrected chi connectivity index (χ0v) is 12.7. The maximum absolute atomic E-state index is 5.67. The highest BCUT2D eigenvalue weighted by atomic mass is 16.3. The van der Waals surface area contributed by atoms with Gasteiger partial charge in [0.15, 0.2) is 0 Å². The summed E-state index contributed by atoms with van der Waals surface area (Å²) < 4.78 is 5.67. The third kappa shape index (κ3) is 3.86. The van der Waals surface area contributed by atoms with Crippen LogP contribution in [0.1, 0.15) is 56.8 Å². The fraction of sp³-hybridized carbons (Fsp3) is 0.765. The Hall–Kier alpha value is -0.800. The van der Waals surface area contributed by atoms with Crippen molar-refractivity contribution in [2.45, 2.75) is 64.6 Å². The highest BCUT2D eigenvalue weighted by Gasteiger charge is 2.22. The third-order valence-electron chi connectivity index (χ3n) is 4.88. The van der Waals surface area contributed by atoms with Crippen molar-refractivity contribution in [2.24, 2.45) is 5.92 Å². The second kappa shape index (κ2) is 6.77. The van der Waals surface area contributed by atoms with Crippen molar-refractivity contribution in [2.75, 3.05) is 13.1 Å². The van der Waals surface area contributed by atoms with Gasteiger partial charge in [-0.1, -0.05) is 13.3 Å². The third-order valence-corrected chi connectivity index (χ3v) is 4.88. The van der Waals surface area contributed by atoms with Gasteiger partial charge in [0.1, 0.15) is 5.76 Å². The summed E-state index contributed by atoms with van der Waals surface area (Å²) in [6.07, 6.45) is 9.99. The fourth-order valence-corrected chi connectivity index (χ4v) is 3.22. The summed E-state index contributed by atoms with van der Waals surface area (Å²) in [6, 6.07) is 2.91. The second-order valence-corrected chi connectivity index (χ2v) is 6.51. The molecule has 1 N–H and O–H groups in total. The molecule has 1 atom stereocenters. The molecule has 1 aliphatic carbocycles. The molecule has 0 aromatic carbocycles. The van der Waals surface area contributed by atoms with Gasteiger partial charge in [-0.2, -0.15) is 0 Å². The normalized spacial score (nSPS) is 24.8. The Morgan fingerprint density at radius 2 is 2.15 bits per heavy atom. The van der Waals surface area contributed by atoms with E-state index in [9.17, 15) is 0 Å². The Morgan fingerprint density at radius 3 is 2.95 bits per heavy atom. The van der Waals surface area contributed by atoms with Crippen LogP contribution in [0.15, 0.2) is 16.7 Å². The Bertz CT molecular complexity index is 411. The van der Waals surface area contributed by atoms with Crippen LogP contribution in [0.2, 0.25) is 0 Å². The van der Waals surface area contributed by atoms with Crippen LogP contribution in [0, 0.1) is 5.92 Å². The van der Waals surface area contributed by atoms with Gasteiger partial charge in [-0.15, -0.1) is 0 Å². The molecule has 1 aliphatic heterocycles. The van der Waals surface area contributed by atoms with E-state index in [1.165, 1.54) is 57.2 Å². The summed E-state index contributed by atoms with van der Waals surface area (Å²) in [5.41, 5.74) is 1.38. The molecule has 3 rings (SSSR count). The molecule has 1 saturated heterocycles. The lowest BCUT2D eigenvalue weighted by Crippen LogP contribution is -2.25. The van der Waals surface area contributed by atoms with Crippen molar-refractivity contribution in [1.82, 2.24) is 10.2 Å². The summed E-state index contributed by atoms with van der Waals surface area (Å²) in [5, 5.41) is 3.55. The maximum Gasteiger partial charge on any atom is 0.122 e. The monoisotopic (exact) mass is 276 g/mol. The molecule has 20 heavy (non-hydrogen) atoms. The lowest BCUT2D eigenvalue weighted by atomic mass is 9.98. The number of hydrogen-bond donors (Lipinski definition) is 1. The minimum atomic E-state index is 0.747. The van der Waals surface area contributed by atoms with Gasteiger partial charge in [-0.25, -0.2) is 0 Å². The van der Waals surface area contributed by atoms with E-state index < -0.39 is 0 Å². The van der Waals surface area contributed by atoms with Crippen LogP contribution < -0.4 is 5.32 Å². The van der Waals surface area contributed by atoms with Gasteiger partial charge in [0.25, 0.3) is 0 Å². The molecular weight excluding hydrogens is 248 g/mol. The van der Waals surface area contributed by atoms with Crippen molar-refractivity contribution in [3.63, 3.8) is 0 Å². The minimum Gasteiger partial charge on any atom is -0.468 e. The summed E-state index contributed by atoms with van der Waals surface area (Å²) in [7, 11) is 0. The van der Waals surface area contributed by atoms with Crippen molar-refractivity contribution < 1.29 is 4.42 Å². The Balaban J connectivity index is 1.52. The minimum absolute atomic E-state index is 0.747. The molecular formula is C17H28N2O. The van der Waals surface area contributed by atoms with E-state index in [4.69, 9.17) is 4.42 Å². The average molecular weight is 276 g/mol. The van der Waals surface area contributed by atoms with Crippen LogP contribution in [-0.4, -0.2) is 24.0 Å². The van der Waals surface area contributed by atoms with Gasteiger partial charge in [-0.3, -0.25) is 4.90 Å². The maximum atomic E-state index is 5.67. The molecule has 3 nitrogen and oxygen atoms in total. The van der Waals surface area contributed by atoms with E-state index >= 15 is 0 Å². The van der Waals surface area contributed by atoms with Crippen LogP contribution in [0.5, 0.6) is 0 Å². The average Bonchev–Trinajstić information content (AvgIpc) is 3.23. The van der Waals surface area contributed by atoms with Crippen LogP contribution in [0.4, 0.5) is 0 Å². The molecule has 1 saturated carbocycles. The van der Waals surface area contributed by atoms with E-state index in [2.05, 4.69) is 23.2 Å². The summed E-state index contributed by atoms with van der Waals surface area (Å²) in [6.45, 7) is 6.79. The predicted octanol–water partition coefficient (Wildman–Crippen LogP) is 3.54. The van der Waals surface area contributed by atoms with E-state index in [-0.39, 0.29) is 0 Å². The standard InChI is InChI=1S/C17H28N2O/c1-2-14-4-3-9-19(10-7-14)13-15-8-11-20-17(15)12-18-16-5-6-16/h8,11,14,16,18H,2-7,9-10,12-13H2,1H3. The van der Waals surface area contributed by atoms with E-state index in [0.717, 1.165) is 30.8 Å². The van der Waals surface area contributed by atoms with Crippen molar-refractivity contribution in [3.05, 3.63) is 23.7 Å². The zero-order valence-electron chi connectivity index (χ0n) is 12.7. The Kier molecular flexibility index (Phi) is 4.79. The largest absolute Gasteiger partial charge is 0.468 e. The predicted molar refractivity (Wildman–Crippen MR) is 81.5 cm³/mol. The van der Waals surface area contributed by atoms with Gasteiger partial charge in [0.2, 0.25) is 0 Å². The summed E-state index contributed by atoms with van der Waals surface area (Å²) in [4.78, 5) is 2.61. The molecule has 0 bridgehead atoms. The van der Waals surface area contributed by atoms with Crippen molar-refractivity contribution in [1.29, 1.82) is 0 Å². The molecule has 0 amide bonds. The highest BCUT2D eigenvalue weighted by molar-refractivity contribution is 5.17. The summed E-state index contributed by atoms with van der Waals surface area (Å²) in [5.74, 6) is 2.09. The molecule has 0 spiro atoms. The van der Waals surface area contributed by atoms with Gasteiger partial charge in [-0.05, 0) is 57.2 Å². The molecule has 2 heterocycles. The topological polar surface area (TPSA) is 28.4 Å². The molecule has 2 aliphatic rings. The number of rotatable bonds is 6. The molecule has 0 radical (unpaired) electrons. The number of hydrogen-bond acceptors (Lipinski definition) is 3. The first-order valence-electron chi connectivity index (χ1n) is 8.36. The first-order chi connectivity index (χ1) is 9.85. The first kappa shape index (κ1) is 14.2. The van der Waals surface area contributed by atoms with Crippen molar-refractivity contribution in [3.8, 4) is 0 Å². The van der Waals surface area contributed by atoms with Crippen LogP contribution >= 0.6 is 0 Å². The molecule has 1 aromatic heterocycles. The lowest BCUT2D eigenvalue weighted by molar-refractivity contribution is 0.269. The second-order valence-electron chi connectivity index (χ2n) is 6.51. The van der Waals surface area contributed by atoms with Gasteiger partial charge >= 0.3 is 0 Å². The smallest absolute Gasteiger partial charge is 0.122 e.